The van der Waals surface area contributed by atoms with Gasteiger partial charge in [-0.2, -0.15) is 0 Å². The van der Waals surface area contributed by atoms with Gasteiger partial charge in [-0.25, -0.2) is 0 Å². The molecule has 0 spiro atoms. The summed E-state index contributed by atoms with van der Waals surface area (Å²) in [5, 5.41) is 26.1. The second-order valence-corrected chi connectivity index (χ2v) is 8.12. The Hall–Kier alpha value is -3.65. The highest BCUT2D eigenvalue weighted by Gasteiger charge is 2.25. The number of hydrogen-bond donors (Lipinski definition) is 4. The molecule has 0 heterocycles. The highest BCUT2D eigenvalue weighted by atomic mass is 16.3. The molecule has 8 nitrogen and oxygen atoms in total. The third kappa shape index (κ3) is 5.23. The second-order valence-electron chi connectivity index (χ2n) is 8.12. The molecule has 0 saturated carbocycles. The van der Waals surface area contributed by atoms with Gasteiger partial charge in [0.05, 0.1) is 23.4 Å². The number of carbonyl (C=O) groups is 1. The van der Waals surface area contributed by atoms with Crippen LogP contribution in [-0.2, 0) is 0 Å². The third-order valence-electron chi connectivity index (χ3n) is 5.59. The Morgan fingerprint density at radius 2 is 1.70 bits per heavy atom. The molecule has 33 heavy (non-hydrogen) atoms. The van der Waals surface area contributed by atoms with Crippen molar-refractivity contribution in [2.75, 3.05) is 24.2 Å². The van der Waals surface area contributed by atoms with Gasteiger partial charge in [0.1, 0.15) is 11.4 Å². The Morgan fingerprint density at radius 1 is 1.03 bits per heavy atom. The van der Waals surface area contributed by atoms with Crippen LogP contribution in [0.1, 0.15) is 48.7 Å². The smallest absolute Gasteiger partial charge is 0.257 e. The Labute approximate surface area is 192 Å². The molecule has 2 atom stereocenters. The third-order valence-corrected chi connectivity index (χ3v) is 5.59. The molecule has 3 aromatic rings. The first kappa shape index (κ1) is 24.0. The van der Waals surface area contributed by atoms with E-state index in [-0.39, 0.29) is 34.4 Å². The van der Waals surface area contributed by atoms with Gasteiger partial charge in [0.25, 0.3) is 16.8 Å². The van der Waals surface area contributed by atoms with E-state index in [1.165, 1.54) is 17.0 Å². The standard InChI is InChI=1S/C25H29N3O5/c1-4-18(16-9-6-5-7-10-16)26-20-21(24(32)23(20)31)27-19-12-8-11-17(22(19)30)25(33)28(3)14-13-15(2)29/h5-12,15,18,26-27,29-30H,4,13-14H2,1-3H3/t15?,18-/m1/s1. The monoisotopic (exact) mass is 451 g/mol. The predicted molar refractivity (Wildman–Crippen MR) is 129 cm³/mol. The maximum Gasteiger partial charge on any atom is 0.257 e. The zero-order valence-corrected chi connectivity index (χ0v) is 19.0. The van der Waals surface area contributed by atoms with E-state index >= 15 is 0 Å². The fourth-order valence-electron chi connectivity index (χ4n) is 3.57. The minimum atomic E-state index is -0.689. The van der Waals surface area contributed by atoms with Gasteiger partial charge in [0.15, 0.2) is 5.75 Å². The topological polar surface area (TPSA) is 119 Å². The minimum absolute atomic E-state index is 0.0525. The van der Waals surface area contributed by atoms with Crippen LogP contribution in [0.3, 0.4) is 0 Å². The molecule has 1 amide bonds. The van der Waals surface area contributed by atoms with E-state index in [9.17, 15) is 24.6 Å². The molecule has 0 aromatic heterocycles. The second kappa shape index (κ2) is 10.3. The first-order valence-electron chi connectivity index (χ1n) is 10.9. The maximum absolute atomic E-state index is 12.7. The normalized spacial score (nSPS) is 12.8. The lowest BCUT2D eigenvalue weighted by atomic mass is 10.0. The summed E-state index contributed by atoms with van der Waals surface area (Å²) in [7, 11) is 1.58. The molecule has 3 rings (SSSR count). The highest BCUT2D eigenvalue weighted by Crippen LogP contribution is 2.33. The molecule has 0 bridgehead atoms. The van der Waals surface area contributed by atoms with Gasteiger partial charge in [0, 0.05) is 13.6 Å². The molecule has 8 heteroatoms. The number of amides is 1. The van der Waals surface area contributed by atoms with E-state index < -0.39 is 22.9 Å². The number of nitrogens with one attached hydrogen (secondary N) is 2. The van der Waals surface area contributed by atoms with Crippen molar-refractivity contribution in [3.63, 3.8) is 0 Å². The van der Waals surface area contributed by atoms with E-state index in [4.69, 9.17) is 0 Å². The molecule has 0 aliphatic rings. The number of aromatic hydroxyl groups is 1. The molecule has 0 aliphatic carbocycles. The van der Waals surface area contributed by atoms with Crippen LogP contribution in [0.2, 0.25) is 0 Å². The highest BCUT2D eigenvalue weighted by molar-refractivity contribution is 5.99. The molecule has 174 valence electrons. The van der Waals surface area contributed by atoms with Gasteiger partial charge in [-0.1, -0.05) is 43.3 Å². The summed E-state index contributed by atoms with van der Waals surface area (Å²) in [6.45, 7) is 3.92. The number of benzene rings is 2. The van der Waals surface area contributed by atoms with Gasteiger partial charge in [-0.05, 0) is 37.5 Å². The molecular formula is C25H29N3O5. The van der Waals surface area contributed by atoms with E-state index in [2.05, 4.69) is 10.6 Å². The molecule has 1 unspecified atom stereocenters. The van der Waals surface area contributed by atoms with Crippen molar-refractivity contribution in [3.8, 4) is 5.75 Å². The fraction of sp³-hybridized carbons (Fsp3) is 0.320. The van der Waals surface area contributed by atoms with Gasteiger partial charge >= 0.3 is 0 Å². The number of hydrogen-bond acceptors (Lipinski definition) is 7. The average molecular weight is 452 g/mol. The van der Waals surface area contributed by atoms with Crippen molar-refractivity contribution in [2.24, 2.45) is 0 Å². The Morgan fingerprint density at radius 3 is 2.33 bits per heavy atom. The van der Waals surface area contributed by atoms with Crippen molar-refractivity contribution in [1.29, 1.82) is 0 Å². The van der Waals surface area contributed by atoms with Crippen LogP contribution in [-0.4, -0.2) is 40.7 Å². The van der Waals surface area contributed by atoms with E-state index in [1.807, 2.05) is 37.3 Å². The first-order valence-corrected chi connectivity index (χ1v) is 10.9. The number of para-hydroxylation sites is 1. The van der Waals surface area contributed by atoms with Gasteiger partial charge < -0.3 is 25.7 Å². The van der Waals surface area contributed by atoms with Crippen LogP contribution in [0.5, 0.6) is 5.75 Å². The number of rotatable bonds is 10. The summed E-state index contributed by atoms with van der Waals surface area (Å²) in [6, 6.07) is 14.0. The largest absolute Gasteiger partial charge is 0.505 e. The number of nitrogens with zero attached hydrogens (tertiary/aromatic N) is 1. The van der Waals surface area contributed by atoms with Crippen molar-refractivity contribution in [1.82, 2.24) is 4.90 Å². The quantitative estimate of drug-likeness (QED) is 0.276. The molecule has 0 radical (unpaired) electrons. The van der Waals surface area contributed by atoms with Crippen molar-refractivity contribution in [3.05, 3.63) is 80.1 Å². The molecular weight excluding hydrogens is 422 g/mol. The van der Waals surface area contributed by atoms with Crippen LogP contribution < -0.4 is 21.5 Å². The van der Waals surface area contributed by atoms with Crippen molar-refractivity contribution in [2.45, 2.75) is 38.8 Å². The lowest BCUT2D eigenvalue weighted by Crippen LogP contribution is -2.37. The van der Waals surface area contributed by atoms with Gasteiger partial charge in [0.2, 0.25) is 0 Å². The van der Waals surface area contributed by atoms with Crippen molar-refractivity contribution >= 4 is 23.0 Å². The van der Waals surface area contributed by atoms with E-state index in [0.717, 1.165) is 5.56 Å². The molecule has 0 aliphatic heterocycles. The van der Waals surface area contributed by atoms with Crippen molar-refractivity contribution < 1.29 is 15.0 Å². The van der Waals surface area contributed by atoms with E-state index in [0.29, 0.717) is 19.4 Å². The zero-order valence-electron chi connectivity index (χ0n) is 19.0. The van der Waals surface area contributed by atoms with Gasteiger partial charge in [-0.15, -0.1) is 0 Å². The predicted octanol–water partition coefficient (Wildman–Crippen LogP) is 3.14. The summed E-state index contributed by atoms with van der Waals surface area (Å²) in [6.07, 6.45) is 0.542. The number of aliphatic hydroxyl groups excluding tert-OH is 1. The SMILES string of the molecule is CC[C@@H](Nc1c(Nc2cccc(C(=O)N(C)CCC(C)O)c2O)c(=O)c1=O)c1ccccc1. The Kier molecular flexibility index (Phi) is 7.50. The molecule has 3 aromatic carbocycles. The summed E-state index contributed by atoms with van der Waals surface area (Å²) in [5.41, 5.74) is 0.0686. The first-order chi connectivity index (χ1) is 15.7. The lowest BCUT2D eigenvalue weighted by Gasteiger charge is -2.23. The number of carbonyl (C=O) groups excluding carboxylic acids is 1. The Bertz CT molecular complexity index is 1180. The summed E-state index contributed by atoms with van der Waals surface area (Å²) in [4.78, 5) is 38.7. The van der Waals surface area contributed by atoms with Gasteiger partial charge in [-0.3, -0.25) is 14.4 Å². The summed E-state index contributed by atoms with van der Waals surface area (Å²) < 4.78 is 0. The number of aliphatic hydroxyl groups is 1. The van der Waals surface area contributed by atoms with Crippen LogP contribution in [0.4, 0.5) is 17.1 Å². The zero-order chi connectivity index (χ0) is 24.1. The Balaban J connectivity index is 1.83. The number of anilines is 3. The van der Waals surface area contributed by atoms with E-state index in [1.54, 1.807) is 20.0 Å². The molecule has 0 fully saturated rings. The van der Waals surface area contributed by atoms with Crippen LogP contribution in [0.25, 0.3) is 0 Å². The molecule has 0 saturated heterocycles. The average Bonchev–Trinajstić information content (AvgIpc) is 2.82. The minimum Gasteiger partial charge on any atom is -0.505 e. The lowest BCUT2D eigenvalue weighted by molar-refractivity contribution is 0.0766. The summed E-state index contributed by atoms with van der Waals surface area (Å²) in [5.74, 6) is -0.740. The van der Waals surface area contributed by atoms with Crippen LogP contribution in [0, 0.1) is 0 Å². The maximum atomic E-state index is 12.7. The van der Waals surface area contributed by atoms with Crippen LogP contribution in [0.15, 0.2) is 58.1 Å². The summed E-state index contributed by atoms with van der Waals surface area (Å²) >= 11 is 0. The number of phenols is 1. The van der Waals surface area contributed by atoms with Crippen LogP contribution >= 0.6 is 0 Å². The number of phenolic OH excluding ortho intramolecular Hbond substituents is 1. The molecule has 4 N–H and O–H groups in total. The fourth-order valence-corrected chi connectivity index (χ4v) is 3.57.